The Bertz CT molecular complexity index is 266. The first-order valence-corrected chi connectivity index (χ1v) is 6.74. The van der Waals surface area contributed by atoms with Crippen molar-refractivity contribution >= 4 is 17.7 Å². The Morgan fingerprint density at radius 3 is 2.69 bits per heavy atom. The number of nitrogens with one attached hydrogen (secondary N) is 1. The Kier molecular flexibility index (Phi) is 3.77. The molecule has 16 heavy (non-hydrogen) atoms. The Morgan fingerprint density at radius 1 is 1.56 bits per heavy atom. The highest BCUT2D eigenvalue weighted by Gasteiger charge is 2.40. The van der Waals surface area contributed by atoms with E-state index in [0.29, 0.717) is 11.3 Å². The molecule has 2 fully saturated rings. The lowest BCUT2D eigenvalue weighted by molar-refractivity contribution is -0.147. The molecule has 1 unspecified atom stereocenters. The van der Waals surface area contributed by atoms with Crippen molar-refractivity contribution < 1.29 is 14.3 Å². The number of carbonyl (C=O) groups is 1. The molecule has 0 aromatic heterocycles. The van der Waals surface area contributed by atoms with Crippen LogP contribution in [0, 0.1) is 0 Å². The lowest BCUT2D eigenvalue weighted by atomic mass is 10.1. The summed E-state index contributed by atoms with van der Waals surface area (Å²) < 4.78 is 10.0. The van der Waals surface area contributed by atoms with Gasteiger partial charge in [0.05, 0.1) is 25.6 Å². The van der Waals surface area contributed by atoms with Crippen LogP contribution < -0.4 is 5.32 Å². The van der Waals surface area contributed by atoms with E-state index in [1.54, 1.807) is 11.8 Å². The van der Waals surface area contributed by atoms with E-state index in [4.69, 9.17) is 9.47 Å². The lowest BCUT2D eigenvalue weighted by Gasteiger charge is -2.32. The summed E-state index contributed by atoms with van der Waals surface area (Å²) >= 11 is 1.80. The average molecular weight is 245 g/mol. The highest BCUT2D eigenvalue weighted by molar-refractivity contribution is 8.00. The third kappa shape index (κ3) is 2.90. The van der Waals surface area contributed by atoms with E-state index in [0.717, 1.165) is 19.0 Å². The highest BCUT2D eigenvalue weighted by atomic mass is 32.2. The van der Waals surface area contributed by atoms with Crippen molar-refractivity contribution in [2.45, 2.75) is 36.6 Å². The molecule has 0 aromatic rings. The molecule has 5 heteroatoms. The number of carbonyl (C=O) groups excluding carboxylic acids is 1. The molecule has 1 aliphatic heterocycles. The minimum Gasteiger partial charge on any atom is -0.468 e. The maximum absolute atomic E-state index is 11.8. The van der Waals surface area contributed by atoms with Crippen molar-refractivity contribution in [2.24, 2.45) is 0 Å². The van der Waals surface area contributed by atoms with Crippen molar-refractivity contribution in [2.75, 3.05) is 26.1 Å². The molecule has 2 aliphatic rings. The minimum absolute atomic E-state index is 0.160. The van der Waals surface area contributed by atoms with Gasteiger partial charge in [-0.2, -0.15) is 11.8 Å². The highest BCUT2D eigenvalue weighted by Crippen LogP contribution is 2.28. The standard InChI is InChI=1S/C11H19NO3S/c1-11(10(13)14-2,12-8-3-4-8)7-16-9-5-15-6-9/h8-9,12H,3-7H2,1-2H3. The van der Waals surface area contributed by atoms with Crippen LogP contribution in [0.5, 0.6) is 0 Å². The second-order valence-electron chi connectivity index (χ2n) is 4.71. The number of hydrogen-bond acceptors (Lipinski definition) is 5. The summed E-state index contributed by atoms with van der Waals surface area (Å²) in [5, 5.41) is 3.93. The largest absolute Gasteiger partial charge is 0.468 e. The van der Waals surface area contributed by atoms with Crippen LogP contribution in [-0.4, -0.2) is 48.9 Å². The van der Waals surface area contributed by atoms with Gasteiger partial charge in [0.25, 0.3) is 0 Å². The van der Waals surface area contributed by atoms with Gasteiger partial charge in [0.1, 0.15) is 5.54 Å². The summed E-state index contributed by atoms with van der Waals surface area (Å²) in [6.45, 7) is 3.56. The molecular formula is C11H19NO3S. The number of ether oxygens (including phenoxy) is 2. The molecule has 1 N–H and O–H groups in total. The van der Waals surface area contributed by atoms with Crippen LogP contribution in [0.15, 0.2) is 0 Å². The molecule has 0 spiro atoms. The van der Waals surface area contributed by atoms with Gasteiger partial charge in [0, 0.05) is 11.8 Å². The minimum atomic E-state index is -0.545. The van der Waals surface area contributed by atoms with Gasteiger partial charge in [-0.05, 0) is 19.8 Å². The molecule has 4 nitrogen and oxygen atoms in total. The quantitative estimate of drug-likeness (QED) is 0.702. The molecule has 1 atom stereocenters. The third-order valence-corrected chi connectivity index (χ3v) is 4.44. The monoisotopic (exact) mass is 245 g/mol. The van der Waals surface area contributed by atoms with Gasteiger partial charge in [-0.1, -0.05) is 0 Å². The molecule has 0 radical (unpaired) electrons. The molecule has 1 aliphatic carbocycles. The van der Waals surface area contributed by atoms with Crippen molar-refractivity contribution in [3.63, 3.8) is 0 Å². The Morgan fingerprint density at radius 2 is 2.25 bits per heavy atom. The van der Waals surface area contributed by atoms with Gasteiger partial charge in [-0.3, -0.25) is 10.1 Å². The number of rotatable bonds is 6. The molecule has 0 bridgehead atoms. The first kappa shape index (κ1) is 12.2. The van der Waals surface area contributed by atoms with E-state index < -0.39 is 5.54 Å². The topological polar surface area (TPSA) is 47.6 Å². The first-order valence-electron chi connectivity index (χ1n) is 5.69. The van der Waals surface area contributed by atoms with E-state index in [2.05, 4.69) is 5.32 Å². The maximum Gasteiger partial charge on any atom is 0.326 e. The summed E-state index contributed by atoms with van der Waals surface area (Å²) in [5.74, 6) is 0.594. The van der Waals surface area contributed by atoms with Crippen LogP contribution >= 0.6 is 11.8 Å². The van der Waals surface area contributed by atoms with Crippen molar-refractivity contribution in [3.8, 4) is 0 Å². The summed E-state index contributed by atoms with van der Waals surface area (Å²) in [5.41, 5.74) is -0.545. The predicted octanol–water partition coefficient (Wildman–Crippen LogP) is 0.802. The second kappa shape index (κ2) is 4.94. The van der Waals surface area contributed by atoms with Crippen LogP contribution in [0.25, 0.3) is 0 Å². The summed E-state index contributed by atoms with van der Waals surface area (Å²) in [6.07, 6.45) is 2.34. The molecule has 0 aromatic carbocycles. The summed E-state index contributed by atoms with van der Waals surface area (Å²) in [4.78, 5) is 11.8. The second-order valence-corrected chi connectivity index (χ2v) is 6.00. The number of esters is 1. The predicted molar refractivity (Wildman–Crippen MR) is 63.6 cm³/mol. The lowest BCUT2D eigenvalue weighted by Crippen LogP contribution is -2.54. The van der Waals surface area contributed by atoms with E-state index in [1.807, 2.05) is 6.92 Å². The zero-order valence-corrected chi connectivity index (χ0v) is 10.6. The van der Waals surface area contributed by atoms with Crippen LogP contribution in [0.1, 0.15) is 19.8 Å². The fourth-order valence-electron chi connectivity index (χ4n) is 1.66. The smallest absolute Gasteiger partial charge is 0.326 e. The Labute approximate surface area is 100 Å². The molecule has 1 saturated heterocycles. The molecule has 2 rings (SSSR count). The Balaban J connectivity index is 1.86. The van der Waals surface area contributed by atoms with Gasteiger partial charge >= 0.3 is 5.97 Å². The molecule has 0 amide bonds. The third-order valence-electron chi connectivity index (χ3n) is 2.95. The van der Waals surface area contributed by atoms with Crippen LogP contribution in [0.4, 0.5) is 0 Å². The fourth-order valence-corrected chi connectivity index (χ4v) is 2.81. The fraction of sp³-hybridized carbons (Fsp3) is 0.909. The molecule has 1 heterocycles. The van der Waals surface area contributed by atoms with E-state index in [1.165, 1.54) is 20.0 Å². The van der Waals surface area contributed by atoms with Gasteiger partial charge in [0.2, 0.25) is 0 Å². The molecular weight excluding hydrogens is 226 g/mol. The summed E-state index contributed by atoms with van der Waals surface area (Å²) in [6, 6.07) is 0.502. The van der Waals surface area contributed by atoms with Crippen LogP contribution in [0.2, 0.25) is 0 Å². The van der Waals surface area contributed by atoms with E-state index in [9.17, 15) is 4.79 Å². The van der Waals surface area contributed by atoms with Crippen LogP contribution in [0.3, 0.4) is 0 Å². The van der Waals surface area contributed by atoms with Crippen LogP contribution in [-0.2, 0) is 14.3 Å². The van der Waals surface area contributed by atoms with Crippen molar-refractivity contribution in [1.29, 1.82) is 0 Å². The molecule has 92 valence electrons. The van der Waals surface area contributed by atoms with Gasteiger partial charge < -0.3 is 9.47 Å². The number of thioether (sulfide) groups is 1. The van der Waals surface area contributed by atoms with Gasteiger partial charge in [-0.25, -0.2) is 0 Å². The Hall–Kier alpha value is -0.260. The van der Waals surface area contributed by atoms with E-state index in [-0.39, 0.29) is 5.97 Å². The van der Waals surface area contributed by atoms with Gasteiger partial charge in [0.15, 0.2) is 0 Å². The zero-order valence-electron chi connectivity index (χ0n) is 9.82. The number of hydrogen-bond donors (Lipinski definition) is 1. The normalized spacial score (nSPS) is 24.6. The SMILES string of the molecule is COC(=O)C(C)(CSC1COC1)NC1CC1. The molecule has 1 saturated carbocycles. The average Bonchev–Trinajstić information content (AvgIpc) is 2.98. The van der Waals surface area contributed by atoms with Gasteiger partial charge in [-0.15, -0.1) is 0 Å². The first-order chi connectivity index (χ1) is 7.64. The maximum atomic E-state index is 11.8. The van der Waals surface area contributed by atoms with Crippen molar-refractivity contribution in [1.82, 2.24) is 5.32 Å². The van der Waals surface area contributed by atoms with E-state index >= 15 is 0 Å². The van der Waals surface area contributed by atoms with Crippen molar-refractivity contribution in [3.05, 3.63) is 0 Å². The zero-order chi connectivity index (χ0) is 11.6. The summed E-state index contributed by atoms with van der Waals surface area (Å²) in [7, 11) is 1.45. The number of methoxy groups -OCH3 is 1.